The number of hydrogen-bond acceptors (Lipinski definition) is 5. The molecule has 5 nitrogen and oxygen atoms in total. The minimum Gasteiger partial charge on any atom is -0.425 e. The van der Waals surface area contributed by atoms with E-state index in [0.717, 1.165) is 49.7 Å². The van der Waals surface area contributed by atoms with Crippen LogP contribution in [-0.2, 0) is 9.59 Å². The summed E-state index contributed by atoms with van der Waals surface area (Å²) < 4.78 is 13.5. The Morgan fingerprint density at radius 3 is 1.17 bits per heavy atom. The zero-order valence-corrected chi connectivity index (χ0v) is 26.7. The van der Waals surface area contributed by atoms with Crippen LogP contribution in [0, 0.1) is 46.3 Å². The molecule has 0 amide bonds. The number of carbonyl (C=O) groups excluding carboxylic acids is 3. The fraction of sp³-hybridized carbons (Fsp3) is 0.571. The summed E-state index contributed by atoms with van der Waals surface area (Å²) in [6.45, 7) is 0. The van der Waals surface area contributed by atoms with E-state index < -0.39 is 0 Å². The summed E-state index contributed by atoms with van der Waals surface area (Å²) in [4.78, 5) is 41.0. The molecule has 0 radical (unpaired) electrons. The monoisotopic (exact) mass is 692 g/mol. The average Bonchev–Trinajstić information content (AvgIpc) is 3.17. The fourth-order valence-corrected chi connectivity index (χ4v) is 12.2. The SMILES string of the molecule is O=C1c2cc(OC(=O)C34CC5CC(CC(C5)C3)C4)c(Br)cc2-c2cc(Br)c(OC(=O)C34CC5CC(CC(C5)C3)C4)cc21. The van der Waals surface area contributed by atoms with Crippen molar-refractivity contribution in [3.63, 3.8) is 0 Å². The lowest BCUT2D eigenvalue weighted by Gasteiger charge is -2.55. The van der Waals surface area contributed by atoms with Crippen LogP contribution in [0.3, 0.4) is 0 Å². The molecule has 0 N–H and O–H groups in total. The van der Waals surface area contributed by atoms with Gasteiger partial charge in [0.2, 0.25) is 0 Å². The minimum atomic E-state index is -0.374. The molecule has 0 aromatic heterocycles. The number of hydrogen-bond donors (Lipinski definition) is 0. The van der Waals surface area contributed by atoms with Crippen molar-refractivity contribution >= 4 is 49.6 Å². The second-order valence-corrected chi connectivity index (χ2v) is 16.9. The van der Waals surface area contributed by atoms with Crippen molar-refractivity contribution in [3.05, 3.63) is 44.3 Å². The number of carbonyl (C=O) groups is 3. The number of esters is 2. The van der Waals surface area contributed by atoms with Gasteiger partial charge < -0.3 is 9.47 Å². The summed E-state index contributed by atoms with van der Waals surface area (Å²) in [5.74, 6) is 4.28. The average molecular weight is 694 g/mol. The van der Waals surface area contributed by atoms with Gasteiger partial charge in [-0.05, 0) is 180 Å². The highest BCUT2D eigenvalue weighted by Gasteiger charge is 2.57. The molecule has 218 valence electrons. The van der Waals surface area contributed by atoms with Crippen LogP contribution in [0.5, 0.6) is 11.5 Å². The Labute approximate surface area is 262 Å². The first-order valence-electron chi connectivity index (χ1n) is 15.8. The Bertz CT molecular complexity index is 1400. The fourth-order valence-electron chi connectivity index (χ4n) is 11.4. The first-order valence-corrected chi connectivity index (χ1v) is 17.4. The Morgan fingerprint density at radius 1 is 0.548 bits per heavy atom. The van der Waals surface area contributed by atoms with Gasteiger partial charge in [-0.2, -0.15) is 0 Å². The molecule has 0 heterocycles. The molecule has 2 aromatic carbocycles. The first-order chi connectivity index (χ1) is 20.2. The van der Waals surface area contributed by atoms with Gasteiger partial charge in [-0.1, -0.05) is 0 Å². The third-order valence-corrected chi connectivity index (χ3v) is 13.5. The lowest BCUT2D eigenvalue weighted by Crippen LogP contribution is -2.51. The van der Waals surface area contributed by atoms with Gasteiger partial charge in [0.1, 0.15) is 11.5 Å². The van der Waals surface area contributed by atoms with Crippen LogP contribution in [0.25, 0.3) is 11.1 Å². The molecule has 42 heavy (non-hydrogen) atoms. The molecule has 0 unspecified atom stereocenters. The quantitative estimate of drug-likeness (QED) is 0.202. The molecule has 8 fully saturated rings. The van der Waals surface area contributed by atoms with E-state index in [-0.39, 0.29) is 28.6 Å². The number of benzene rings is 2. The van der Waals surface area contributed by atoms with Gasteiger partial charge in [-0.3, -0.25) is 14.4 Å². The minimum absolute atomic E-state index is 0.133. The number of ketones is 1. The summed E-state index contributed by atoms with van der Waals surface area (Å²) in [7, 11) is 0. The highest BCUT2D eigenvalue weighted by atomic mass is 79.9. The van der Waals surface area contributed by atoms with Crippen molar-refractivity contribution in [1.29, 1.82) is 0 Å². The summed E-state index contributed by atoms with van der Waals surface area (Å²) in [6, 6.07) is 7.20. The number of ether oxygens (including phenoxy) is 2. The third kappa shape index (κ3) is 3.87. The molecule has 8 saturated carbocycles. The highest BCUT2D eigenvalue weighted by Crippen LogP contribution is 2.62. The van der Waals surface area contributed by atoms with Crippen LogP contribution in [0.2, 0.25) is 0 Å². The second kappa shape index (κ2) is 9.03. The topological polar surface area (TPSA) is 69.7 Å². The predicted octanol–water partition coefficient (Wildman–Crippen LogP) is 8.67. The molecule has 7 heteroatoms. The number of rotatable bonds is 4. The Balaban J connectivity index is 0.981. The molecule has 11 rings (SSSR count). The van der Waals surface area contributed by atoms with E-state index in [1.165, 1.54) is 38.5 Å². The van der Waals surface area contributed by atoms with Gasteiger partial charge in [0.25, 0.3) is 0 Å². The normalized spacial score (nSPS) is 38.0. The molecule has 9 aliphatic rings. The molecule has 0 spiro atoms. The highest BCUT2D eigenvalue weighted by molar-refractivity contribution is 9.11. The third-order valence-electron chi connectivity index (χ3n) is 12.3. The zero-order valence-electron chi connectivity index (χ0n) is 23.6. The first kappa shape index (κ1) is 26.4. The molecular formula is C35H34Br2O5. The van der Waals surface area contributed by atoms with Crippen molar-refractivity contribution in [3.8, 4) is 22.6 Å². The van der Waals surface area contributed by atoms with E-state index in [9.17, 15) is 14.4 Å². The van der Waals surface area contributed by atoms with Gasteiger partial charge in [0, 0.05) is 11.1 Å². The zero-order chi connectivity index (χ0) is 28.5. The van der Waals surface area contributed by atoms with E-state index in [4.69, 9.17) is 9.47 Å². The van der Waals surface area contributed by atoms with Gasteiger partial charge in [0.15, 0.2) is 5.78 Å². The van der Waals surface area contributed by atoms with Gasteiger partial charge in [-0.15, -0.1) is 0 Å². The number of halogens is 2. The van der Waals surface area contributed by atoms with E-state index in [1.54, 1.807) is 12.1 Å². The van der Waals surface area contributed by atoms with Crippen molar-refractivity contribution in [1.82, 2.24) is 0 Å². The molecular weight excluding hydrogens is 660 g/mol. The Morgan fingerprint density at radius 2 is 0.857 bits per heavy atom. The standard InChI is InChI=1S/C35H34Br2O5/c36-27-7-23-24-8-28(37)30(42-33(40)35-14-20-4-21(15-35)6-22(5-20)16-35)10-26(24)31(38)25(23)9-29(27)41-32(39)34-11-17-1-18(12-34)3-19(2-17)13-34/h7-10,17-22H,1-6,11-16H2. The Hall–Kier alpha value is -1.99. The summed E-state index contributed by atoms with van der Waals surface area (Å²) in [5.41, 5.74) is 1.85. The van der Waals surface area contributed by atoms with Crippen molar-refractivity contribution in [2.45, 2.75) is 77.0 Å². The molecule has 0 aliphatic heterocycles. The molecule has 9 aliphatic carbocycles. The smallest absolute Gasteiger partial charge is 0.317 e. The van der Waals surface area contributed by atoms with Crippen LogP contribution in [-0.4, -0.2) is 17.7 Å². The van der Waals surface area contributed by atoms with Gasteiger partial charge in [0.05, 0.1) is 19.8 Å². The van der Waals surface area contributed by atoms with E-state index in [1.807, 2.05) is 12.1 Å². The summed E-state index contributed by atoms with van der Waals surface area (Å²) in [5, 5.41) is 0. The molecule has 0 atom stereocenters. The van der Waals surface area contributed by atoms with Crippen LogP contribution in [0.1, 0.15) is 93.0 Å². The Kier molecular flexibility index (Phi) is 5.68. The maximum absolute atomic E-state index is 13.7. The molecule has 2 aromatic rings. The van der Waals surface area contributed by atoms with Crippen molar-refractivity contribution < 1.29 is 23.9 Å². The lowest BCUT2D eigenvalue weighted by atomic mass is 9.49. The van der Waals surface area contributed by atoms with Gasteiger partial charge in [-0.25, -0.2) is 0 Å². The van der Waals surface area contributed by atoms with E-state index in [0.29, 0.717) is 67.1 Å². The number of fused-ring (bicyclic) bond motifs is 3. The van der Waals surface area contributed by atoms with Crippen LogP contribution in [0.4, 0.5) is 0 Å². The largest absolute Gasteiger partial charge is 0.425 e. The summed E-state index contributed by atoms with van der Waals surface area (Å²) in [6.07, 6.45) is 13.2. The summed E-state index contributed by atoms with van der Waals surface area (Å²) >= 11 is 7.27. The van der Waals surface area contributed by atoms with Crippen LogP contribution in [0.15, 0.2) is 33.2 Å². The second-order valence-electron chi connectivity index (χ2n) is 15.2. The van der Waals surface area contributed by atoms with E-state index in [2.05, 4.69) is 31.9 Å². The van der Waals surface area contributed by atoms with Crippen molar-refractivity contribution in [2.24, 2.45) is 46.3 Å². The van der Waals surface area contributed by atoms with Crippen LogP contribution < -0.4 is 9.47 Å². The molecule has 8 bridgehead atoms. The van der Waals surface area contributed by atoms with Crippen molar-refractivity contribution in [2.75, 3.05) is 0 Å². The maximum atomic E-state index is 13.7. The van der Waals surface area contributed by atoms with Gasteiger partial charge >= 0.3 is 11.9 Å². The van der Waals surface area contributed by atoms with E-state index >= 15 is 0 Å². The molecule has 0 saturated heterocycles. The lowest BCUT2D eigenvalue weighted by molar-refractivity contribution is -0.162. The predicted molar refractivity (Wildman–Crippen MR) is 163 cm³/mol. The maximum Gasteiger partial charge on any atom is 0.317 e. The van der Waals surface area contributed by atoms with Crippen LogP contribution >= 0.6 is 31.9 Å².